The minimum absolute atomic E-state index is 0.186. The lowest BCUT2D eigenvalue weighted by molar-refractivity contribution is 0.193. The Kier molecular flexibility index (Phi) is 5.31. The molecule has 1 fully saturated rings. The number of aromatic nitrogens is 1. The third-order valence-corrected chi connectivity index (χ3v) is 3.70. The zero-order chi connectivity index (χ0) is 13.7. The van der Waals surface area contributed by atoms with E-state index < -0.39 is 0 Å². The summed E-state index contributed by atoms with van der Waals surface area (Å²) >= 11 is 0. The molecule has 0 unspecified atom stereocenters. The summed E-state index contributed by atoms with van der Waals surface area (Å²) in [4.78, 5) is 6.89. The third-order valence-electron chi connectivity index (χ3n) is 3.70. The molecule has 0 aliphatic carbocycles. The maximum atomic E-state index is 9.01. The van der Waals surface area contributed by atoms with Gasteiger partial charge in [-0.3, -0.25) is 9.88 Å². The summed E-state index contributed by atoms with van der Waals surface area (Å²) in [6.07, 6.45) is 2.04. The van der Waals surface area contributed by atoms with Gasteiger partial charge in [0.25, 0.3) is 0 Å². The van der Waals surface area contributed by atoms with Crippen LogP contribution in [0.15, 0.2) is 12.1 Å². The molecule has 1 aliphatic rings. The Morgan fingerprint density at radius 1 is 1.47 bits per heavy atom. The molecule has 0 amide bonds. The second-order valence-electron chi connectivity index (χ2n) is 5.21. The van der Waals surface area contributed by atoms with E-state index in [1.165, 1.54) is 5.56 Å². The van der Waals surface area contributed by atoms with Crippen molar-refractivity contribution in [3.05, 3.63) is 29.1 Å². The Morgan fingerprint density at radius 3 is 2.95 bits per heavy atom. The highest BCUT2D eigenvalue weighted by molar-refractivity contribution is 5.27. The molecule has 19 heavy (non-hydrogen) atoms. The first-order valence-electron chi connectivity index (χ1n) is 7.10. The molecule has 1 saturated heterocycles. The topological polar surface area (TPSA) is 45.6 Å². The predicted octanol–water partition coefficient (Wildman–Crippen LogP) is 1.57. The molecule has 2 heterocycles. The average molecular weight is 264 g/mol. The fourth-order valence-corrected chi connectivity index (χ4v) is 2.54. The second-order valence-corrected chi connectivity index (χ2v) is 5.21. The molecule has 0 spiro atoms. The third kappa shape index (κ3) is 3.75. The van der Waals surface area contributed by atoms with E-state index in [0.29, 0.717) is 12.5 Å². The van der Waals surface area contributed by atoms with Gasteiger partial charge in [0, 0.05) is 31.3 Å². The summed E-state index contributed by atoms with van der Waals surface area (Å²) in [5.74, 6) is 0.482. The standard InChI is InChI=1S/C15H24N2O2/c1-3-13-4-5-14(12-6-9-19-11-12)15(16-13)10-17(2)7-8-18/h4-5,12,18H,3,6-11H2,1-2H3/t12-/m0/s1. The quantitative estimate of drug-likeness (QED) is 0.847. The molecule has 0 saturated carbocycles. The fraction of sp³-hybridized carbons (Fsp3) is 0.667. The number of aliphatic hydroxyl groups is 1. The van der Waals surface area contributed by atoms with E-state index in [1.807, 2.05) is 7.05 Å². The van der Waals surface area contributed by atoms with E-state index in [1.54, 1.807) is 0 Å². The van der Waals surface area contributed by atoms with Crippen LogP contribution < -0.4 is 0 Å². The molecule has 1 N–H and O–H groups in total. The van der Waals surface area contributed by atoms with E-state index in [9.17, 15) is 0 Å². The van der Waals surface area contributed by atoms with Gasteiger partial charge in [-0.15, -0.1) is 0 Å². The number of aryl methyl sites for hydroxylation is 1. The molecule has 106 valence electrons. The van der Waals surface area contributed by atoms with E-state index in [4.69, 9.17) is 14.8 Å². The lowest BCUT2D eigenvalue weighted by Gasteiger charge is -2.20. The van der Waals surface area contributed by atoms with Crippen LogP contribution in [0.3, 0.4) is 0 Å². The van der Waals surface area contributed by atoms with Gasteiger partial charge in [-0.2, -0.15) is 0 Å². The van der Waals surface area contributed by atoms with Crippen LogP contribution in [-0.4, -0.2) is 48.4 Å². The molecule has 1 aliphatic heterocycles. The van der Waals surface area contributed by atoms with E-state index >= 15 is 0 Å². The summed E-state index contributed by atoms with van der Waals surface area (Å²) < 4.78 is 5.49. The van der Waals surface area contributed by atoms with Crippen LogP contribution in [0.4, 0.5) is 0 Å². The van der Waals surface area contributed by atoms with Crippen molar-refractivity contribution in [3.8, 4) is 0 Å². The van der Waals surface area contributed by atoms with E-state index in [0.717, 1.165) is 44.0 Å². The van der Waals surface area contributed by atoms with Crippen LogP contribution in [-0.2, 0) is 17.7 Å². The number of rotatable bonds is 6. The van der Waals surface area contributed by atoms with Gasteiger partial charge in [0.15, 0.2) is 0 Å². The number of likely N-dealkylation sites (N-methyl/N-ethyl adjacent to an activating group) is 1. The van der Waals surface area contributed by atoms with Gasteiger partial charge < -0.3 is 9.84 Å². The second kappa shape index (κ2) is 6.98. The lowest BCUT2D eigenvalue weighted by atomic mass is 9.96. The average Bonchev–Trinajstić information content (AvgIpc) is 2.92. The first kappa shape index (κ1) is 14.4. The van der Waals surface area contributed by atoms with Crippen LogP contribution in [0.25, 0.3) is 0 Å². The Hall–Kier alpha value is -0.970. The fourth-order valence-electron chi connectivity index (χ4n) is 2.54. The molecule has 4 nitrogen and oxygen atoms in total. The molecular formula is C15H24N2O2. The highest BCUT2D eigenvalue weighted by Crippen LogP contribution is 2.28. The predicted molar refractivity (Wildman–Crippen MR) is 75.2 cm³/mol. The van der Waals surface area contributed by atoms with Crippen molar-refractivity contribution < 1.29 is 9.84 Å². The van der Waals surface area contributed by atoms with Crippen LogP contribution in [0.1, 0.15) is 36.2 Å². The van der Waals surface area contributed by atoms with Gasteiger partial charge in [0.2, 0.25) is 0 Å². The monoisotopic (exact) mass is 264 g/mol. The van der Waals surface area contributed by atoms with Gasteiger partial charge in [0.1, 0.15) is 0 Å². The zero-order valence-corrected chi connectivity index (χ0v) is 11.9. The number of hydrogen-bond donors (Lipinski definition) is 1. The number of pyridine rings is 1. The lowest BCUT2D eigenvalue weighted by Crippen LogP contribution is -2.23. The highest BCUT2D eigenvalue weighted by atomic mass is 16.5. The number of aliphatic hydroxyl groups excluding tert-OH is 1. The molecule has 0 bridgehead atoms. The summed E-state index contributed by atoms with van der Waals surface area (Å²) in [5, 5.41) is 9.01. The molecule has 1 aromatic heterocycles. The number of hydrogen-bond acceptors (Lipinski definition) is 4. The zero-order valence-electron chi connectivity index (χ0n) is 11.9. The van der Waals surface area contributed by atoms with Crippen molar-refractivity contribution in [3.63, 3.8) is 0 Å². The molecule has 4 heteroatoms. The van der Waals surface area contributed by atoms with Gasteiger partial charge in [-0.1, -0.05) is 13.0 Å². The molecule has 2 rings (SSSR count). The van der Waals surface area contributed by atoms with Gasteiger partial charge in [0.05, 0.1) is 18.9 Å². The maximum Gasteiger partial charge on any atom is 0.0582 e. The van der Waals surface area contributed by atoms with Crippen LogP contribution in [0, 0.1) is 0 Å². The van der Waals surface area contributed by atoms with Gasteiger partial charge in [-0.25, -0.2) is 0 Å². The SMILES string of the molecule is CCc1ccc([C@H]2CCOC2)c(CN(C)CCO)n1. The van der Waals surface area contributed by atoms with Crippen LogP contribution in [0.5, 0.6) is 0 Å². The van der Waals surface area contributed by atoms with Crippen LogP contribution >= 0.6 is 0 Å². The Morgan fingerprint density at radius 2 is 2.32 bits per heavy atom. The largest absolute Gasteiger partial charge is 0.395 e. The number of ether oxygens (including phenoxy) is 1. The summed E-state index contributed by atoms with van der Waals surface area (Å²) in [6.45, 7) is 5.45. The van der Waals surface area contributed by atoms with E-state index in [-0.39, 0.29) is 6.61 Å². The van der Waals surface area contributed by atoms with Crippen molar-refractivity contribution in [1.82, 2.24) is 9.88 Å². The van der Waals surface area contributed by atoms with Crippen LogP contribution in [0.2, 0.25) is 0 Å². The van der Waals surface area contributed by atoms with Gasteiger partial charge in [-0.05, 0) is 31.5 Å². The summed E-state index contributed by atoms with van der Waals surface area (Å²) in [7, 11) is 2.02. The smallest absolute Gasteiger partial charge is 0.0582 e. The molecular weight excluding hydrogens is 240 g/mol. The maximum absolute atomic E-state index is 9.01. The van der Waals surface area contributed by atoms with Crippen molar-refractivity contribution in [1.29, 1.82) is 0 Å². The Labute approximate surface area is 115 Å². The molecule has 0 radical (unpaired) electrons. The number of nitrogens with zero attached hydrogens (tertiary/aromatic N) is 2. The Balaban J connectivity index is 2.20. The normalized spacial score (nSPS) is 19.3. The van der Waals surface area contributed by atoms with Crippen molar-refractivity contribution in [2.45, 2.75) is 32.2 Å². The van der Waals surface area contributed by atoms with Gasteiger partial charge >= 0.3 is 0 Å². The van der Waals surface area contributed by atoms with Crippen molar-refractivity contribution in [2.75, 3.05) is 33.4 Å². The minimum atomic E-state index is 0.186. The molecule has 1 atom stereocenters. The van der Waals surface area contributed by atoms with Crippen molar-refractivity contribution in [2.24, 2.45) is 0 Å². The first-order valence-corrected chi connectivity index (χ1v) is 7.10. The Bertz CT molecular complexity index is 403. The summed E-state index contributed by atoms with van der Waals surface area (Å²) in [6, 6.07) is 4.34. The minimum Gasteiger partial charge on any atom is -0.395 e. The molecule has 0 aromatic carbocycles. The van der Waals surface area contributed by atoms with Crippen molar-refractivity contribution >= 4 is 0 Å². The first-order chi connectivity index (χ1) is 9.24. The molecule has 1 aromatic rings. The summed E-state index contributed by atoms with van der Waals surface area (Å²) in [5.41, 5.74) is 3.60. The highest BCUT2D eigenvalue weighted by Gasteiger charge is 2.21. The van der Waals surface area contributed by atoms with E-state index in [2.05, 4.69) is 24.0 Å².